The van der Waals surface area contributed by atoms with Gasteiger partial charge < -0.3 is 14.8 Å². The van der Waals surface area contributed by atoms with Crippen LogP contribution < -0.4 is 14.8 Å². The zero-order valence-electron chi connectivity index (χ0n) is 17.7. The van der Waals surface area contributed by atoms with E-state index < -0.39 is 64.2 Å². The normalized spacial score (nSPS) is 11.7. The molecule has 3 aromatic rings. The number of alkyl halides is 6. The number of nitrogens with one attached hydrogen (secondary N) is 1. The molecule has 0 spiro atoms. The van der Waals surface area contributed by atoms with Gasteiger partial charge in [-0.3, -0.25) is 14.6 Å². The summed E-state index contributed by atoms with van der Waals surface area (Å²) in [6, 6.07) is 4.75. The highest BCUT2D eigenvalue weighted by Crippen LogP contribution is 2.38. The highest BCUT2D eigenvalue weighted by Gasteiger charge is 2.37. The molecule has 1 heterocycles. The molecule has 0 fully saturated rings. The van der Waals surface area contributed by atoms with Crippen LogP contribution in [0.15, 0.2) is 48.7 Å². The third kappa shape index (κ3) is 6.25. The number of anilines is 1. The average Bonchev–Trinajstić information content (AvgIpc) is 2.74. The van der Waals surface area contributed by atoms with Gasteiger partial charge in [0.1, 0.15) is 22.8 Å². The first kappa shape index (κ1) is 26.4. The molecule has 1 amide bonds. The van der Waals surface area contributed by atoms with E-state index in [2.05, 4.69) is 15.0 Å². The molecule has 0 radical (unpaired) electrons. The number of ether oxygens (including phenoxy) is 2. The van der Waals surface area contributed by atoms with Crippen molar-refractivity contribution in [3.05, 3.63) is 77.1 Å². The van der Waals surface area contributed by atoms with Crippen molar-refractivity contribution in [1.82, 2.24) is 4.98 Å². The second-order valence-electron chi connectivity index (χ2n) is 6.98. The summed E-state index contributed by atoms with van der Waals surface area (Å²) in [4.78, 5) is 28.0. The Balaban J connectivity index is 2.01. The largest absolute Gasteiger partial charge is 0.573 e. The maximum Gasteiger partial charge on any atom is 0.573 e. The van der Waals surface area contributed by atoms with Crippen LogP contribution in [0.5, 0.6) is 17.2 Å². The molecule has 3 rings (SSSR count). The average molecular weight is 520 g/mol. The van der Waals surface area contributed by atoms with E-state index in [1.807, 2.05) is 0 Å². The van der Waals surface area contributed by atoms with E-state index in [4.69, 9.17) is 4.74 Å². The first-order chi connectivity index (χ1) is 16.7. The molecule has 2 aromatic carbocycles. The molecule has 1 N–H and O–H groups in total. The Bertz CT molecular complexity index is 1320. The Morgan fingerprint density at radius 1 is 0.917 bits per heavy atom. The van der Waals surface area contributed by atoms with Crippen molar-refractivity contribution in [2.45, 2.75) is 19.5 Å². The number of nitrogens with zero attached hydrogens (tertiary/aromatic N) is 1. The van der Waals surface area contributed by atoms with Gasteiger partial charge in [-0.05, 0) is 36.4 Å². The number of aromatic nitrogens is 1. The molecule has 0 unspecified atom stereocenters. The standard InChI is InChI=1S/C22H12F8N2O4/c1-10(33)15-8-11(6-7-31-15)32-20(34)18-17(5-3-13(19(18)24)21(25,26)27)35-12-2-4-16(14(23)9-12)36-22(28,29)30/h2-9H,1H3,(H,31,32,34). The lowest BCUT2D eigenvalue weighted by Crippen LogP contribution is -2.19. The lowest BCUT2D eigenvalue weighted by atomic mass is 10.1. The number of carbonyl (C=O) groups is 2. The minimum absolute atomic E-state index is 0.106. The Labute approximate surface area is 196 Å². The second-order valence-corrected chi connectivity index (χ2v) is 6.98. The van der Waals surface area contributed by atoms with Crippen molar-refractivity contribution in [2.75, 3.05) is 5.32 Å². The summed E-state index contributed by atoms with van der Waals surface area (Å²) in [6.07, 6.45) is -9.31. The SMILES string of the molecule is CC(=O)c1cc(NC(=O)c2c(Oc3ccc(OC(F)(F)F)c(F)c3)ccc(C(F)(F)F)c2F)ccn1. The van der Waals surface area contributed by atoms with Crippen LogP contribution in [0.2, 0.25) is 0 Å². The van der Waals surface area contributed by atoms with E-state index in [1.165, 1.54) is 6.07 Å². The Kier molecular flexibility index (Phi) is 7.17. The number of amides is 1. The van der Waals surface area contributed by atoms with Gasteiger partial charge in [-0.25, -0.2) is 8.78 Å². The van der Waals surface area contributed by atoms with Crippen LogP contribution in [0.25, 0.3) is 0 Å². The fourth-order valence-corrected chi connectivity index (χ4v) is 2.85. The lowest BCUT2D eigenvalue weighted by molar-refractivity contribution is -0.275. The number of rotatable bonds is 6. The Morgan fingerprint density at radius 3 is 2.17 bits per heavy atom. The monoisotopic (exact) mass is 520 g/mol. The highest BCUT2D eigenvalue weighted by molar-refractivity contribution is 6.07. The second kappa shape index (κ2) is 9.79. The van der Waals surface area contributed by atoms with Crippen molar-refractivity contribution >= 4 is 17.4 Å². The molecule has 0 bridgehead atoms. The summed E-state index contributed by atoms with van der Waals surface area (Å²) in [7, 11) is 0. The molecule has 0 aliphatic heterocycles. The molecule has 14 heteroatoms. The van der Waals surface area contributed by atoms with Gasteiger partial charge in [0.25, 0.3) is 5.91 Å². The van der Waals surface area contributed by atoms with Crippen molar-refractivity contribution in [3.63, 3.8) is 0 Å². The molecular formula is C22H12F8N2O4. The van der Waals surface area contributed by atoms with Crippen molar-refractivity contribution in [1.29, 1.82) is 0 Å². The topological polar surface area (TPSA) is 77.5 Å². The van der Waals surface area contributed by atoms with Gasteiger partial charge in [-0.1, -0.05) is 0 Å². The fraction of sp³-hybridized carbons (Fsp3) is 0.136. The smallest absolute Gasteiger partial charge is 0.456 e. The third-order valence-electron chi connectivity index (χ3n) is 4.37. The lowest BCUT2D eigenvalue weighted by Gasteiger charge is -2.16. The number of halogens is 8. The van der Waals surface area contributed by atoms with Crippen molar-refractivity contribution < 1.29 is 54.2 Å². The number of benzene rings is 2. The van der Waals surface area contributed by atoms with E-state index in [9.17, 15) is 44.7 Å². The molecule has 0 aliphatic rings. The third-order valence-corrected chi connectivity index (χ3v) is 4.37. The van der Waals surface area contributed by atoms with Crippen LogP contribution in [0.3, 0.4) is 0 Å². The number of ketones is 1. The van der Waals surface area contributed by atoms with Gasteiger partial charge in [0, 0.05) is 24.9 Å². The van der Waals surface area contributed by atoms with E-state index >= 15 is 0 Å². The zero-order valence-corrected chi connectivity index (χ0v) is 17.7. The molecule has 0 saturated carbocycles. The summed E-state index contributed by atoms with van der Waals surface area (Å²) >= 11 is 0. The molecular weight excluding hydrogens is 508 g/mol. The number of hydrogen-bond donors (Lipinski definition) is 1. The van der Waals surface area contributed by atoms with Crippen LogP contribution >= 0.6 is 0 Å². The Hall–Kier alpha value is -4.23. The van der Waals surface area contributed by atoms with E-state index in [-0.39, 0.29) is 17.4 Å². The van der Waals surface area contributed by atoms with Crippen LogP contribution in [0.4, 0.5) is 40.8 Å². The van der Waals surface area contributed by atoms with Crippen LogP contribution in [0.1, 0.15) is 33.3 Å². The summed E-state index contributed by atoms with van der Waals surface area (Å²) in [5.41, 5.74) is -3.30. The summed E-state index contributed by atoms with van der Waals surface area (Å²) in [5.74, 6) is -8.16. The number of carbonyl (C=O) groups excluding carboxylic acids is 2. The molecule has 190 valence electrons. The summed E-state index contributed by atoms with van der Waals surface area (Å²) in [6.45, 7) is 1.16. The summed E-state index contributed by atoms with van der Waals surface area (Å²) < 4.78 is 114. The van der Waals surface area contributed by atoms with Crippen LogP contribution in [-0.4, -0.2) is 23.0 Å². The van der Waals surface area contributed by atoms with Gasteiger partial charge in [0.2, 0.25) is 0 Å². The maximum absolute atomic E-state index is 14.9. The molecule has 0 atom stereocenters. The Morgan fingerprint density at radius 2 is 1.58 bits per heavy atom. The first-order valence-corrected chi connectivity index (χ1v) is 9.57. The molecule has 0 aliphatic carbocycles. The highest BCUT2D eigenvalue weighted by atomic mass is 19.4. The molecule has 0 saturated heterocycles. The van der Waals surface area contributed by atoms with E-state index in [1.54, 1.807) is 0 Å². The summed E-state index contributed by atoms with van der Waals surface area (Å²) in [5, 5.41) is 2.11. The maximum atomic E-state index is 14.9. The van der Waals surface area contributed by atoms with Crippen LogP contribution in [-0.2, 0) is 6.18 Å². The number of Topliss-reactive ketones (excluding diaryl/α,β-unsaturated/α-hetero) is 1. The minimum Gasteiger partial charge on any atom is -0.456 e. The molecule has 36 heavy (non-hydrogen) atoms. The van der Waals surface area contributed by atoms with Crippen LogP contribution in [0, 0.1) is 11.6 Å². The predicted octanol–water partition coefficient (Wildman–Crippen LogP) is 6.52. The molecule has 1 aromatic heterocycles. The van der Waals surface area contributed by atoms with Gasteiger partial charge >= 0.3 is 12.5 Å². The van der Waals surface area contributed by atoms with Crippen molar-refractivity contribution in [3.8, 4) is 17.2 Å². The zero-order chi connectivity index (χ0) is 26.8. The number of hydrogen-bond acceptors (Lipinski definition) is 5. The van der Waals surface area contributed by atoms with Crippen molar-refractivity contribution in [2.24, 2.45) is 0 Å². The van der Waals surface area contributed by atoms with E-state index in [0.29, 0.717) is 18.2 Å². The fourth-order valence-electron chi connectivity index (χ4n) is 2.85. The predicted molar refractivity (Wildman–Crippen MR) is 107 cm³/mol. The minimum atomic E-state index is -5.21. The van der Waals surface area contributed by atoms with Gasteiger partial charge in [0.05, 0.1) is 5.56 Å². The van der Waals surface area contributed by atoms with Gasteiger partial charge in [0.15, 0.2) is 23.2 Å². The van der Waals surface area contributed by atoms with Gasteiger partial charge in [-0.2, -0.15) is 13.2 Å². The quantitative estimate of drug-likeness (QED) is 0.296. The number of pyridine rings is 1. The van der Waals surface area contributed by atoms with Gasteiger partial charge in [-0.15, -0.1) is 13.2 Å². The first-order valence-electron chi connectivity index (χ1n) is 9.57. The molecule has 6 nitrogen and oxygen atoms in total. The van der Waals surface area contributed by atoms with E-state index in [0.717, 1.165) is 25.3 Å².